The van der Waals surface area contributed by atoms with Crippen molar-refractivity contribution in [3.05, 3.63) is 12.0 Å². The van der Waals surface area contributed by atoms with Crippen molar-refractivity contribution in [3.8, 4) is 0 Å². The molecular weight excluding hydrogens is 224 g/mol. The number of aromatic nitrogens is 1. The fourth-order valence-corrected chi connectivity index (χ4v) is 2.38. The molecule has 2 rings (SSSR count). The van der Waals surface area contributed by atoms with Crippen molar-refractivity contribution in [1.82, 2.24) is 4.98 Å². The maximum absolute atomic E-state index is 5.70. The summed E-state index contributed by atoms with van der Waals surface area (Å²) in [6, 6.07) is 0.734. The van der Waals surface area contributed by atoms with Gasteiger partial charge in [-0.05, 0) is 24.7 Å². The van der Waals surface area contributed by atoms with Crippen LogP contribution in [0.1, 0.15) is 32.4 Å². The van der Waals surface area contributed by atoms with E-state index in [0.29, 0.717) is 5.88 Å². The summed E-state index contributed by atoms with van der Waals surface area (Å²) >= 11 is 5.70. The highest BCUT2D eigenvalue weighted by atomic mass is 35.5. The molecule has 0 aromatic carbocycles. The fraction of sp³-hybridized carbons (Fsp3) is 0.750. The lowest BCUT2D eigenvalue weighted by Gasteiger charge is -2.32. The molecular formula is C12H19ClN2O. The third kappa shape index (κ3) is 2.51. The van der Waals surface area contributed by atoms with Gasteiger partial charge in [-0.25, -0.2) is 0 Å². The summed E-state index contributed by atoms with van der Waals surface area (Å²) in [4.78, 5) is 6.57. The first-order chi connectivity index (χ1) is 7.70. The van der Waals surface area contributed by atoms with Gasteiger partial charge in [-0.1, -0.05) is 13.8 Å². The molecule has 0 N–H and O–H groups in total. The third-order valence-corrected chi connectivity index (χ3v) is 3.70. The van der Waals surface area contributed by atoms with Crippen molar-refractivity contribution in [2.45, 2.75) is 32.6 Å². The second kappa shape index (κ2) is 5.09. The summed E-state index contributed by atoms with van der Waals surface area (Å²) in [6.07, 6.45) is 4.11. The van der Waals surface area contributed by atoms with Gasteiger partial charge >= 0.3 is 0 Å². The minimum atomic E-state index is 0.423. The number of hydrogen-bond acceptors (Lipinski definition) is 3. The SMILES string of the molecule is CC(C)C1CCN(c2nc(CCl)co2)CC1. The number of oxazole rings is 1. The van der Waals surface area contributed by atoms with Crippen molar-refractivity contribution >= 4 is 17.6 Å². The summed E-state index contributed by atoms with van der Waals surface area (Å²) in [5.41, 5.74) is 0.822. The largest absolute Gasteiger partial charge is 0.432 e. The number of rotatable bonds is 3. The van der Waals surface area contributed by atoms with Gasteiger partial charge in [-0.15, -0.1) is 11.6 Å². The van der Waals surface area contributed by atoms with Crippen molar-refractivity contribution in [3.63, 3.8) is 0 Å². The Bertz CT molecular complexity index is 330. The zero-order valence-corrected chi connectivity index (χ0v) is 10.7. The molecule has 3 nitrogen and oxygen atoms in total. The summed E-state index contributed by atoms with van der Waals surface area (Å²) in [5, 5.41) is 0. The van der Waals surface area contributed by atoms with E-state index in [9.17, 15) is 0 Å². The van der Waals surface area contributed by atoms with Gasteiger partial charge in [0.1, 0.15) is 6.26 Å². The minimum absolute atomic E-state index is 0.423. The first-order valence-corrected chi connectivity index (χ1v) is 6.49. The Balaban J connectivity index is 1.93. The molecule has 1 aliphatic rings. The molecule has 1 fully saturated rings. The van der Waals surface area contributed by atoms with E-state index in [-0.39, 0.29) is 0 Å². The van der Waals surface area contributed by atoms with E-state index in [1.165, 1.54) is 12.8 Å². The lowest BCUT2D eigenvalue weighted by Crippen LogP contribution is -2.35. The van der Waals surface area contributed by atoms with Crippen LogP contribution in [0.15, 0.2) is 10.7 Å². The van der Waals surface area contributed by atoms with E-state index in [1.807, 2.05) is 0 Å². The summed E-state index contributed by atoms with van der Waals surface area (Å²) in [7, 11) is 0. The highest BCUT2D eigenvalue weighted by molar-refractivity contribution is 6.16. The second-order valence-corrected chi connectivity index (χ2v) is 5.09. The van der Waals surface area contributed by atoms with E-state index < -0.39 is 0 Å². The molecule has 0 unspecified atom stereocenters. The molecule has 2 heterocycles. The molecule has 1 aromatic rings. The van der Waals surface area contributed by atoms with E-state index in [0.717, 1.165) is 36.6 Å². The molecule has 0 bridgehead atoms. The van der Waals surface area contributed by atoms with Crippen molar-refractivity contribution in [1.29, 1.82) is 0 Å². The first kappa shape index (κ1) is 11.8. The number of alkyl halides is 1. The fourth-order valence-electron chi connectivity index (χ4n) is 2.26. The molecule has 90 valence electrons. The number of piperidine rings is 1. The number of halogens is 1. The predicted molar refractivity (Wildman–Crippen MR) is 65.8 cm³/mol. The maximum atomic E-state index is 5.70. The zero-order chi connectivity index (χ0) is 11.5. The molecule has 1 saturated heterocycles. The van der Waals surface area contributed by atoms with Crippen LogP contribution in [-0.2, 0) is 5.88 Å². The van der Waals surface area contributed by atoms with Crippen molar-refractivity contribution in [2.24, 2.45) is 11.8 Å². The van der Waals surface area contributed by atoms with Crippen LogP contribution >= 0.6 is 11.6 Å². The average molecular weight is 243 g/mol. The Morgan fingerprint density at radius 1 is 1.50 bits per heavy atom. The molecule has 0 aliphatic carbocycles. The number of nitrogens with zero attached hydrogens (tertiary/aromatic N) is 2. The molecule has 0 saturated carbocycles. The van der Waals surface area contributed by atoms with Crippen LogP contribution in [0.5, 0.6) is 0 Å². The molecule has 16 heavy (non-hydrogen) atoms. The van der Waals surface area contributed by atoms with E-state index in [4.69, 9.17) is 16.0 Å². The summed E-state index contributed by atoms with van der Waals surface area (Å²) in [6.45, 7) is 6.70. The lowest BCUT2D eigenvalue weighted by atomic mass is 9.87. The van der Waals surface area contributed by atoms with Gasteiger partial charge in [0, 0.05) is 13.1 Å². The summed E-state index contributed by atoms with van der Waals surface area (Å²) in [5.74, 6) is 2.05. The second-order valence-electron chi connectivity index (χ2n) is 4.82. The molecule has 0 radical (unpaired) electrons. The molecule has 0 atom stereocenters. The smallest absolute Gasteiger partial charge is 0.297 e. The lowest BCUT2D eigenvalue weighted by molar-refractivity contribution is 0.304. The predicted octanol–water partition coefficient (Wildman–Crippen LogP) is 3.29. The molecule has 1 aliphatic heterocycles. The van der Waals surface area contributed by atoms with E-state index >= 15 is 0 Å². The van der Waals surface area contributed by atoms with Crippen molar-refractivity contribution < 1.29 is 4.42 Å². The van der Waals surface area contributed by atoms with Gasteiger partial charge in [0.25, 0.3) is 6.01 Å². The Labute approximate surface area is 102 Å². The maximum Gasteiger partial charge on any atom is 0.297 e. The third-order valence-electron chi connectivity index (χ3n) is 3.43. The zero-order valence-electron chi connectivity index (χ0n) is 9.95. The van der Waals surface area contributed by atoms with Crippen LogP contribution in [0, 0.1) is 11.8 Å². The summed E-state index contributed by atoms with van der Waals surface area (Å²) < 4.78 is 5.42. The quantitative estimate of drug-likeness (QED) is 0.762. The normalized spacial score (nSPS) is 18.4. The molecule has 0 amide bonds. The van der Waals surface area contributed by atoms with Crippen LogP contribution in [-0.4, -0.2) is 18.1 Å². The molecule has 4 heteroatoms. The van der Waals surface area contributed by atoms with Gasteiger partial charge in [-0.2, -0.15) is 4.98 Å². The Morgan fingerprint density at radius 2 is 2.19 bits per heavy atom. The highest BCUT2D eigenvalue weighted by Crippen LogP contribution is 2.27. The van der Waals surface area contributed by atoms with E-state index in [2.05, 4.69) is 23.7 Å². The first-order valence-electron chi connectivity index (χ1n) is 5.96. The minimum Gasteiger partial charge on any atom is -0.432 e. The Morgan fingerprint density at radius 3 is 2.69 bits per heavy atom. The topological polar surface area (TPSA) is 29.3 Å². The van der Waals surface area contributed by atoms with Crippen molar-refractivity contribution in [2.75, 3.05) is 18.0 Å². The van der Waals surface area contributed by atoms with Crippen LogP contribution < -0.4 is 4.90 Å². The van der Waals surface area contributed by atoms with Crippen LogP contribution in [0.2, 0.25) is 0 Å². The van der Waals surface area contributed by atoms with Gasteiger partial charge in [0.2, 0.25) is 0 Å². The van der Waals surface area contributed by atoms with Gasteiger partial charge in [0.05, 0.1) is 11.6 Å². The van der Waals surface area contributed by atoms with Gasteiger partial charge in [0.15, 0.2) is 0 Å². The standard InChI is InChI=1S/C12H19ClN2O/c1-9(2)10-3-5-15(6-4-10)12-14-11(7-13)8-16-12/h8-10H,3-7H2,1-2H3. The number of hydrogen-bond donors (Lipinski definition) is 0. The molecule has 0 spiro atoms. The van der Waals surface area contributed by atoms with Crippen LogP contribution in [0.25, 0.3) is 0 Å². The Kier molecular flexibility index (Phi) is 3.74. The monoisotopic (exact) mass is 242 g/mol. The average Bonchev–Trinajstić information content (AvgIpc) is 2.77. The van der Waals surface area contributed by atoms with Crippen LogP contribution in [0.3, 0.4) is 0 Å². The van der Waals surface area contributed by atoms with Gasteiger partial charge in [-0.3, -0.25) is 0 Å². The van der Waals surface area contributed by atoms with Gasteiger partial charge < -0.3 is 9.32 Å². The Hall–Kier alpha value is -0.700. The highest BCUT2D eigenvalue weighted by Gasteiger charge is 2.23. The molecule has 1 aromatic heterocycles. The number of anilines is 1. The van der Waals surface area contributed by atoms with Crippen LogP contribution in [0.4, 0.5) is 6.01 Å². The van der Waals surface area contributed by atoms with E-state index in [1.54, 1.807) is 6.26 Å².